The van der Waals surface area contributed by atoms with Gasteiger partial charge in [-0.05, 0) is 49.8 Å². The van der Waals surface area contributed by atoms with E-state index < -0.39 is 11.7 Å². The van der Waals surface area contributed by atoms with Gasteiger partial charge in [-0.15, -0.1) is 11.3 Å². The van der Waals surface area contributed by atoms with Crippen LogP contribution in [0.25, 0.3) is 0 Å². The van der Waals surface area contributed by atoms with Gasteiger partial charge in [-0.3, -0.25) is 15.0 Å². The number of hydrogen-bond donors (Lipinski definition) is 1. The molecule has 1 fully saturated rings. The number of nitrogens with zero attached hydrogens (tertiary/aromatic N) is 3. The van der Waals surface area contributed by atoms with Gasteiger partial charge in [0.15, 0.2) is 5.13 Å². The number of rotatable bonds is 6. The van der Waals surface area contributed by atoms with E-state index in [-0.39, 0.29) is 22.4 Å². The number of aromatic nitrogens is 2. The summed E-state index contributed by atoms with van der Waals surface area (Å²) in [6, 6.07) is 3.03. The third-order valence-corrected chi connectivity index (χ3v) is 5.36. The Balaban J connectivity index is 1.63. The maximum absolute atomic E-state index is 12.6. The molecule has 1 N–H and O–H groups in total. The number of piperidine rings is 1. The number of halogens is 2. The van der Waals surface area contributed by atoms with Crippen LogP contribution in [0, 0.1) is 0 Å². The number of likely N-dealkylation sites (tertiary alicyclic amines) is 1. The van der Waals surface area contributed by atoms with E-state index in [1.54, 1.807) is 6.07 Å². The number of amides is 1. The molecule has 0 aromatic carbocycles. The normalized spacial score (nSPS) is 15.5. The second-order valence-electron chi connectivity index (χ2n) is 5.67. The molecule has 1 aliphatic rings. The van der Waals surface area contributed by atoms with Crippen LogP contribution in [0.2, 0.25) is 0 Å². The standard InChI is InChI=1S/C16H18F2N4OS2/c17-15(18)25-14-12(5-4-6-19-14)13(23)21-16-20-11(10-24-16)9-22-7-2-1-3-8-22/h4-6,10,15H,1-3,7-9H2,(H,20,21,23). The fraction of sp³-hybridized carbons (Fsp3) is 0.438. The maximum Gasteiger partial charge on any atom is 0.290 e. The molecule has 25 heavy (non-hydrogen) atoms. The van der Waals surface area contributed by atoms with Crippen molar-refractivity contribution in [1.82, 2.24) is 14.9 Å². The van der Waals surface area contributed by atoms with E-state index in [9.17, 15) is 13.6 Å². The molecule has 134 valence electrons. The van der Waals surface area contributed by atoms with Gasteiger partial charge in [0.2, 0.25) is 0 Å². The third-order valence-electron chi connectivity index (χ3n) is 3.82. The van der Waals surface area contributed by atoms with Crippen LogP contribution in [-0.4, -0.2) is 39.6 Å². The highest BCUT2D eigenvalue weighted by Crippen LogP contribution is 2.27. The molecule has 0 radical (unpaired) electrons. The lowest BCUT2D eigenvalue weighted by Gasteiger charge is -2.25. The summed E-state index contributed by atoms with van der Waals surface area (Å²) in [6.45, 7) is 2.91. The van der Waals surface area contributed by atoms with Crippen LogP contribution < -0.4 is 5.32 Å². The molecule has 2 aromatic rings. The molecular formula is C16H18F2N4OS2. The minimum absolute atomic E-state index is 0.0140. The Morgan fingerprint density at radius 2 is 2.16 bits per heavy atom. The van der Waals surface area contributed by atoms with Crippen LogP contribution in [0.15, 0.2) is 28.7 Å². The molecule has 2 aromatic heterocycles. The maximum atomic E-state index is 12.6. The summed E-state index contributed by atoms with van der Waals surface area (Å²) >= 11 is 1.60. The van der Waals surface area contributed by atoms with Crippen molar-refractivity contribution in [3.05, 3.63) is 35.0 Å². The number of hydrogen-bond acceptors (Lipinski definition) is 6. The first-order valence-corrected chi connectivity index (χ1v) is 9.75. The fourth-order valence-corrected chi connectivity index (χ4v) is 3.96. The molecule has 9 heteroatoms. The molecule has 1 amide bonds. The molecule has 3 rings (SSSR count). The van der Waals surface area contributed by atoms with E-state index in [1.807, 2.05) is 5.38 Å². The molecule has 1 saturated heterocycles. The lowest BCUT2D eigenvalue weighted by Crippen LogP contribution is -2.29. The second-order valence-corrected chi connectivity index (χ2v) is 7.51. The van der Waals surface area contributed by atoms with Crippen LogP contribution in [0.5, 0.6) is 0 Å². The molecule has 0 unspecified atom stereocenters. The molecular weight excluding hydrogens is 366 g/mol. The number of carbonyl (C=O) groups excluding carboxylic acids is 1. The van der Waals surface area contributed by atoms with E-state index in [2.05, 4.69) is 20.2 Å². The van der Waals surface area contributed by atoms with Gasteiger partial charge in [0.25, 0.3) is 11.7 Å². The number of alkyl halides is 2. The Morgan fingerprint density at radius 1 is 1.36 bits per heavy atom. The van der Waals surface area contributed by atoms with Crippen molar-refractivity contribution in [1.29, 1.82) is 0 Å². The van der Waals surface area contributed by atoms with Crippen molar-refractivity contribution in [3.63, 3.8) is 0 Å². The lowest BCUT2D eigenvalue weighted by atomic mass is 10.1. The number of anilines is 1. The molecule has 3 heterocycles. The molecule has 0 bridgehead atoms. The average molecular weight is 384 g/mol. The van der Waals surface area contributed by atoms with Gasteiger partial charge in [-0.25, -0.2) is 9.97 Å². The molecule has 0 saturated carbocycles. The van der Waals surface area contributed by atoms with Gasteiger partial charge < -0.3 is 0 Å². The zero-order valence-electron chi connectivity index (χ0n) is 13.5. The van der Waals surface area contributed by atoms with Gasteiger partial charge in [0.05, 0.1) is 11.3 Å². The average Bonchev–Trinajstić information content (AvgIpc) is 3.02. The molecule has 0 atom stereocenters. The largest absolute Gasteiger partial charge is 0.298 e. The highest BCUT2D eigenvalue weighted by Gasteiger charge is 2.18. The number of thioether (sulfide) groups is 1. The number of pyridine rings is 1. The zero-order chi connectivity index (χ0) is 17.6. The SMILES string of the molecule is O=C(Nc1nc(CN2CCCCC2)cs1)c1cccnc1SC(F)F. The number of carbonyl (C=O) groups is 1. The predicted octanol–water partition coefficient (Wildman–Crippen LogP) is 4.09. The van der Waals surface area contributed by atoms with Crippen LogP contribution in [0.3, 0.4) is 0 Å². The van der Waals surface area contributed by atoms with E-state index in [4.69, 9.17) is 0 Å². The Labute approximate surface area is 152 Å². The van der Waals surface area contributed by atoms with Gasteiger partial charge in [-0.1, -0.05) is 6.42 Å². The first-order valence-electron chi connectivity index (χ1n) is 8.00. The number of nitrogens with one attached hydrogen (secondary N) is 1. The van der Waals surface area contributed by atoms with Crippen LogP contribution >= 0.6 is 23.1 Å². The second kappa shape index (κ2) is 8.68. The van der Waals surface area contributed by atoms with Crippen molar-refractivity contribution in [2.24, 2.45) is 0 Å². The summed E-state index contributed by atoms with van der Waals surface area (Å²) in [5, 5.41) is 5.08. The summed E-state index contributed by atoms with van der Waals surface area (Å²) in [7, 11) is 0. The smallest absolute Gasteiger partial charge is 0.290 e. The van der Waals surface area contributed by atoms with Crippen molar-refractivity contribution >= 4 is 34.1 Å². The first-order chi connectivity index (χ1) is 12.1. The molecule has 5 nitrogen and oxygen atoms in total. The minimum atomic E-state index is -2.63. The van der Waals surface area contributed by atoms with E-state index >= 15 is 0 Å². The summed E-state index contributed by atoms with van der Waals surface area (Å²) in [5.41, 5.74) is 1.04. The Bertz CT molecular complexity index is 720. The third kappa shape index (κ3) is 5.20. The predicted molar refractivity (Wildman–Crippen MR) is 95.3 cm³/mol. The van der Waals surface area contributed by atoms with Crippen molar-refractivity contribution in [2.45, 2.75) is 36.6 Å². The van der Waals surface area contributed by atoms with Crippen molar-refractivity contribution < 1.29 is 13.6 Å². The Morgan fingerprint density at radius 3 is 2.92 bits per heavy atom. The molecule has 0 spiro atoms. The number of thiazole rings is 1. The zero-order valence-corrected chi connectivity index (χ0v) is 15.1. The summed E-state index contributed by atoms with van der Waals surface area (Å²) < 4.78 is 25.2. The van der Waals surface area contributed by atoms with Crippen LogP contribution in [-0.2, 0) is 6.54 Å². The van der Waals surface area contributed by atoms with E-state index in [0.29, 0.717) is 5.13 Å². The Kier molecular flexibility index (Phi) is 6.33. The van der Waals surface area contributed by atoms with Gasteiger partial charge in [0.1, 0.15) is 5.03 Å². The van der Waals surface area contributed by atoms with E-state index in [0.717, 1.165) is 25.3 Å². The molecule has 1 aliphatic heterocycles. The van der Waals surface area contributed by atoms with Crippen molar-refractivity contribution in [3.8, 4) is 0 Å². The summed E-state index contributed by atoms with van der Waals surface area (Å²) in [6.07, 6.45) is 5.08. The van der Waals surface area contributed by atoms with Gasteiger partial charge in [0, 0.05) is 18.1 Å². The lowest BCUT2D eigenvalue weighted by molar-refractivity contribution is 0.102. The van der Waals surface area contributed by atoms with Crippen LogP contribution in [0.1, 0.15) is 35.3 Å². The monoisotopic (exact) mass is 384 g/mol. The van der Waals surface area contributed by atoms with Gasteiger partial charge >= 0.3 is 0 Å². The van der Waals surface area contributed by atoms with E-state index in [1.165, 1.54) is 42.9 Å². The highest BCUT2D eigenvalue weighted by atomic mass is 32.2. The quantitative estimate of drug-likeness (QED) is 0.760. The van der Waals surface area contributed by atoms with Crippen LogP contribution in [0.4, 0.5) is 13.9 Å². The highest BCUT2D eigenvalue weighted by molar-refractivity contribution is 7.99. The summed E-state index contributed by atoms with van der Waals surface area (Å²) in [5.74, 6) is -3.10. The fourth-order valence-electron chi connectivity index (χ4n) is 2.69. The topological polar surface area (TPSA) is 58.1 Å². The summed E-state index contributed by atoms with van der Waals surface area (Å²) in [4.78, 5) is 23.0. The van der Waals surface area contributed by atoms with Gasteiger partial charge in [-0.2, -0.15) is 8.78 Å². The van der Waals surface area contributed by atoms with Crippen molar-refractivity contribution in [2.75, 3.05) is 18.4 Å². The first kappa shape index (κ1) is 18.2. The Hall–Kier alpha value is -1.58. The molecule has 0 aliphatic carbocycles. The minimum Gasteiger partial charge on any atom is -0.298 e.